The van der Waals surface area contributed by atoms with E-state index in [0.29, 0.717) is 21.9 Å². The van der Waals surface area contributed by atoms with Crippen molar-refractivity contribution in [3.05, 3.63) is 143 Å². The molecular weight excluding hydrogens is 528 g/mol. The normalized spacial score (nSPS) is 13.6. The van der Waals surface area contributed by atoms with E-state index >= 15 is 0 Å². The SMILES string of the molecule is CC1(C)c2ccccc2-c2ccc3c4ccncc4n(-c4ccc(-c5cccc6oc7ccccc7c(=O)c56)cc4)c3c21. The van der Waals surface area contributed by atoms with E-state index in [1.54, 1.807) is 0 Å². The summed E-state index contributed by atoms with van der Waals surface area (Å²) in [4.78, 5) is 18.2. The van der Waals surface area contributed by atoms with Crippen molar-refractivity contribution in [3.63, 3.8) is 0 Å². The van der Waals surface area contributed by atoms with E-state index in [1.165, 1.54) is 38.5 Å². The standard InChI is InChI=1S/C39H26N2O2/c1-39(2)31-11-5-3-8-26(31)28-18-19-29-27-20-21-40-22-32(27)41(37(29)36(28)39)24-16-14-23(15-17-24)25-10-7-13-34-35(25)38(42)30-9-4-6-12-33(30)43-34/h3-22H,1-2H3. The Bertz CT molecular complexity index is 2500. The van der Waals surface area contributed by atoms with Gasteiger partial charge in [-0.05, 0) is 69.8 Å². The highest BCUT2D eigenvalue weighted by Crippen LogP contribution is 2.52. The quantitative estimate of drug-likeness (QED) is 0.200. The molecule has 1 aliphatic carbocycles. The predicted octanol–water partition coefficient (Wildman–Crippen LogP) is 9.41. The highest BCUT2D eigenvalue weighted by Gasteiger charge is 2.38. The third-order valence-corrected chi connectivity index (χ3v) is 9.29. The molecule has 43 heavy (non-hydrogen) atoms. The number of aromatic nitrogens is 2. The molecule has 0 saturated carbocycles. The van der Waals surface area contributed by atoms with Crippen LogP contribution in [0.3, 0.4) is 0 Å². The third kappa shape index (κ3) is 3.21. The van der Waals surface area contributed by atoms with Gasteiger partial charge in [-0.15, -0.1) is 0 Å². The maximum atomic E-state index is 13.6. The van der Waals surface area contributed by atoms with Crippen LogP contribution in [0.25, 0.3) is 71.7 Å². The van der Waals surface area contributed by atoms with Crippen LogP contribution in [0, 0.1) is 0 Å². The first-order valence-corrected chi connectivity index (χ1v) is 14.6. The second-order valence-electron chi connectivity index (χ2n) is 11.9. The van der Waals surface area contributed by atoms with Crippen LogP contribution in [0.15, 0.2) is 131 Å². The number of nitrogens with zero attached hydrogens (tertiary/aromatic N) is 2. The molecule has 1 aliphatic rings. The fraction of sp³-hybridized carbons (Fsp3) is 0.0769. The second-order valence-corrected chi connectivity index (χ2v) is 11.9. The minimum absolute atomic E-state index is 0.0117. The van der Waals surface area contributed by atoms with Crippen molar-refractivity contribution in [1.82, 2.24) is 9.55 Å². The smallest absolute Gasteiger partial charge is 0.201 e. The Morgan fingerprint density at radius 1 is 0.674 bits per heavy atom. The van der Waals surface area contributed by atoms with E-state index in [-0.39, 0.29) is 10.8 Å². The van der Waals surface area contributed by atoms with Gasteiger partial charge in [-0.25, -0.2) is 0 Å². The molecule has 3 aromatic heterocycles. The van der Waals surface area contributed by atoms with Crippen LogP contribution in [-0.2, 0) is 5.41 Å². The van der Waals surface area contributed by atoms with Gasteiger partial charge in [0.05, 0.1) is 28.0 Å². The largest absolute Gasteiger partial charge is 0.456 e. The Balaban J connectivity index is 1.29. The zero-order valence-corrected chi connectivity index (χ0v) is 23.8. The van der Waals surface area contributed by atoms with E-state index in [2.05, 4.69) is 90.1 Å². The van der Waals surface area contributed by atoms with E-state index < -0.39 is 0 Å². The maximum absolute atomic E-state index is 13.6. The minimum atomic E-state index is -0.162. The molecular formula is C39H26N2O2. The van der Waals surface area contributed by atoms with Crippen molar-refractivity contribution < 1.29 is 4.42 Å². The molecule has 0 atom stereocenters. The summed E-state index contributed by atoms with van der Waals surface area (Å²) in [5, 5.41) is 3.60. The minimum Gasteiger partial charge on any atom is -0.456 e. The fourth-order valence-corrected chi connectivity index (χ4v) is 7.35. The molecule has 8 aromatic rings. The molecule has 4 nitrogen and oxygen atoms in total. The number of hydrogen-bond donors (Lipinski definition) is 0. The predicted molar refractivity (Wildman–Crippen MR) is 175 cm³/mol. The lowest BCUT2D eigenvalue weighted by Gasteiger charge is -2.23. The van der Waals surface area contributed by atoms with Gasteiger partial charge >= 0.3 is 0 Å². The molecule has 204 valence electrons. The summed E-state index contributed by atoms with van der Waals surface area (Å²) in [5.41, 5.74) is 11.5. The van der Waals surface area contributed by atoms with Gasteiger partial charge < -0.3 is 8.98 Å². The van der Waals surface area contributed by atoms with Crippen molar-refractivity contribution in [3.8, 4) is 27.9 Å². The highest BCUT2D eigenvalue weighted by molar-refractivity contribution is 6.13. The third-order valence-electron chi connectivity index (χ3n) is 9.29. The van der Waals surface area contributed by atoms with E-state index in [0.717, 1.165) is 22.3 Å². The van der Waals surface area contributed by atoms with Crippen molar-refractivity contribution in [2.75, 3.05) is 0 Å². The number of fused-ring (bicyclic) bond motifs is 9. The van der Waals surface area contributed by atoms with Gasteiger partial charge in [-0.1, -0.05) is 86.6 Å². The van der Waals surface area contributed by atoms with Gasteiger partial charge in [-0.2, -0.15) is 0 Å². The molecule has 0 bridgehead atoms. The van der Waals surface area contributed by atoms with Gasteiger partial charge in [-0.3, -0.25) is 9.78 Å². The number of pyridine rings is 1. The Hall–Kier alpha value is -5.48. The summed E-state index contributed by atoms with van der Waals surface area (Å²) < 4.78 is 8.51. The molecule has 0 amide bonds. The zero-order chi connectivity index (χ0) is 28.9. The summed E-state index contributed by atoms with van der Waals surface area (Å²) >= 11 is 0. The Morgan fingerprint density at radius 3 is 2.33 bits per heavy atom. The highest BCUT2D eigenvalue weighted by atomic mass is 16.3. The summed E-state index contributed by atoms with van der Waals surface area (Å²) in [5.74, 6) is 0. The van der Waals surface area contributed by atoms with Crippen molar-refractivity contribution in [2.45, 2.75) is 19.3 Å². The summed E-state index contributed by atoms with van der Waals surface area (Å²) in [7, 11) is 0. The lowest BCUT2D eigenvalue weighted by molar-refractivity contribution is 0.660. The first-order valence-electron chi connectivity index (χ1n) is 14.6. The van der Waals surface area contributed by atoms with Crippen molar-refractivity contribution in [2.24, 2.45) is 0 Å². The van der Waals surface area contributed by atoms with Crippen LogP contribution in [0.4, 0.5) is 0 Å². The lowest BCUT2D eigenvalue weighted by Crippen LogP contribution is -2.16. The van der Waals surface area contributed by atoms with Crippen LogP contribution in [0.1, 0.15) is 25.0 Å². The first kappa shape index (κ1) is 24.2. The second kappa shape index (κ2) is 8.52. The molecule has 0 N–H and O–H groups in total. The van der Waals surface area contributed by atoms with Crippen LogP contribution in [0.5, 0.6) is 0 Å². The Morgan fingerprint density at radius 2 is 1.44 bits per heavy atom. The van der Waals surface area contributed by atoms with Crippen LogP contribution in [-0.4, -0.2) is 9.55 Å². The van der Waals surface area contributed by atoms with Gasteiger partial charge in [0.15, 0.2) is 0 Å². The number of para-hydroxylation sites is 1. The van der Waals surface area contributed by atoms with E-state index in [9.17, 15) is 4.79 Å². The number of benzene rings is 5. The molecule has 0 fully saturated rings. The summed E-state index contributed by atoms with van der Waals surface area (Å²) in [6.07, 6.45) is 3.84. The number of rotatable bonds is 2. The first-order chi connectivity index (χ1) is 21.0. The number of hydrogen-bond acceptors (Lipinski definition) is 3. The fourth-order valence-electron chi connectivity index (χ4n) is 7.35. The average molecular weight is 555 g/mol. The lowest BCUT2D eigenvalue weighted by atomic mass is 9.81. The molecule has 5 aromatic carbocycles. The van der Waals surface area contributed by atoms with Crippen LogP contribution < -0.4 is 5.43 Å². The molecule has 0 aliphatic heterocycles. The van der Waals surface area contributed by atoms with Gasteiger partial charge in [0, 0.05) is 28.1 Å². The zero-order valence-electron chi connectivity index (χ0n) is 23.8. The molecule has 0 unspecified atom stereocenters. The van der Waals surface area contributed by atoms with Crippen LogP contribution in [0.2, 0.25) is 0 Å². The van der Waals surface area contributed by atoms with Crippen molar-refractivity contribution >= 4 is 43.7 Å². The monoisotopic (exact) mass is 554 g/mol. The molecule has 3 heterocycles. The van der Waals surface area contributed by atoms with Gasteiger partial charge in [0.2, 0.25) is 5.43 Å². The average Bonchev–Trinajstić information content (AvgIpc) is 3.50. The molecule has 0 radical (unpaired) electrons. The molecule has 4 heteroatoms. The maximum Gasteiger partial charge on any atom is 0.201 e. The van der Waals surface area contributed by atoms with Crippen LogP contribution >= 0.6 is 0 Å². The van der Waals surface area contributed by atoms with E-state index in [4.69, 9.17) is 4.42 Å². The molecule has 0 spiro atoms. The summed E-state index contributed by atoms with van der Waals surface area (Å²) in [6.45, 7) is 4.66. The van der Waals surface area contributed by atoms with Gasteiger partial charge in [0.1, 0.15) is 11.2 Å². The molecule has 0 saturated heterocycles. The topological polar surface area (TPSA) is 48.0 Å². The van der Waals surface area contributed by atoms with Gasteiger partial charge in [0.25, 0.3) is 0 Å². The Labute approximate surface area is 247 Å². The van der Waals surface area contributed by atoms with E-state index in [1.807, 2.05) is 54.9 Å². The summed E-state index contributed by atoms with van der Waals surface area (Å²) in [6, 6.07) is 37.2. The Kier molecular flexibility index (Phi) is 4.79. The van der Waals surface area contributed by atoms with Crippen molar-refractivity contribution in [1.29, 1.82) is 0 Å². The molecule has 9 rings (SSSR count).